The van der Waals surface area contributed by atoms with Crippen LogP contribution in [0.2, 0.25) is 0 Å². The second-order valence-electron chi connectivity index (χ2n) is 4.08. The van der Waals surface area contributed by atoms with Crippen molar-refractivity contribution in [2.24, 2.45) is 5.41 Å². The standard InChI is InChI=1S/C13H14N2O2/c1-2-17-11-6-4-3-5-10(11)15-12(16)13(9-14)7-8-13/h3-6H,2,7-8H2,1H3,(H,15,16). The first-order valence-electron chi connectivity index (χ1n) is 5.66. The van der Waals surface area contributed by atoms with Crippen molar-refractivity contribution in [3.8, 4) is 11.8 Å². The van der Waals surface area contributed by atoms with Crippen LogP contribution in [0.3, 0.4) is 0 Å². The van der Waals surface area contributed by atoms with E-state index in [-0.39, 0.29) is 5.91 Å². The van der Waals surface area contributed by atoms with Crippen molar-refractivity contribution in [3.63, 3.8) is 0 Å². The zero-order valence-electron chi connectivity index (χ0n) is 9.69. The summed E-state index contributed by atoms with van der Waals surface area (Å²) in [5.41, 5.74) is -0.180. The quantitative estimate of drug-likeness (QED) is 0.863. The number of carbonyl (C=O) groups is 1. The Morgan fingerprint density at radius 3 is 2.82 bits per heavy atom. The van der Waals surface area contributed by atoms with E-state index in [4.69, 9.17) is 10.00 Å². The van der Waals surface area contributed by atoms with E-state index in [1.54, 1.807) is 12.1 Å². The molecule has 1 saturated carbocycles. The van der Waals surface area contributed by atoms with Crippen molar-refractivity contribution in [3.05, 3.63) is 24.3 Å². The van der Waals surface area contributed by atoms with E-state index in [2.05, 4.69) is 11.4 Å². The number of hydrogen-bond donors (Lipinski definition) is 1. The lowest BCUT2D eigenvalue weighted by atomic mass is 10.1. The van der Waals surface area contributed by atoms with Gasteiger partial charge in [-0.25, -0.2) is 0 Å². The van der Waals surface area contributed by atoms with Gasteiger partial charge in [0.25, 0.3) is 0 Å². The molecule has 0 unspecified atom stereocenters. The number of amides is 1. The molecule has 0 saturated heterocycles. The number of anilines is 1. The molecule has 1 aromatic rings. The highest BCUT2D eigenvalue weighted by Gasteiger charge is 2.50. The molecule has 0 heterocycles. The topological polar surface area (TPSA) is 62.1 Å². The van der Waals surface area contributed by atoms with E-state index in [9.17, 15) is 4.79 Å². The number of nitrogens with zero attached hydrogens (tertiary/aromatic N) is 1. The number of hydrogen-bond acceptors (Lipinski definition) is 3. The molecule has 0 spiro atoms. The number of nitriles is 1. The molecule has 1 aromatic carbocycles. The van der Waals surface area contributed by atoms with Gasteiger partial charge in [0.05, 0.1) is 18.4 Å². The molecule has 0 aliphatic heterocycles. The first kappa shape index (κ1) is 11.5. The van der Waals surface area contributed by atoms with Crippen molar-refractivity contribution in [1.29, 1.82) is 5.26 Å². The first-order valence-corrected chi connectivity index (χ1v) is 5.66. The van der Waals surface area contributed by atoms with Crippen LogP contribution < -0.4 is 10.1 Å². The van der Waals surface area contributed by atoms with Gasteiger partial charge in [0.1, 0.15) is 11.2 Å². The van der Waals surface area contributed by atoms with Crippen LogP contribution in [-0.4, -0.2) is 12.5 Å². The van der Waals surface area contributed by atoms with Crippen LogP contribution in [0.15, 0.2) is 24.3 Å². The second-order valence-corrected chi connectivity index (χ2v) is 4.08. The van der Waals surface area contributed by atoms with Crippen LogP contribution >= 0.6 is 0 Å². The molecule has 1 amide bonds. The van der Waals surface area contributed by atoms with Gasteiger partial charge >= 0.3 is 0 Å². The van der Waals surface area contributed by atoms with Crippen molar-refractivity contribution in [2.45, 2.75) is 19.8 Å². The lowest BCUT2D eigenvalue weighted by molar-refractivity contribution is -0.119. The summed E-state index contributed by atoms with van der Waals surface area (Å²) in [7, 11) is 0. The van der Waals surface area contributed by atoms with Gasteiger partial charge in [-0.2, -0.15) is 5.26 Å². The highest BCUT2D eigenvalue weighted by molar-refractivity contribution is 6.00. The van der Waals surface area contributed by atoms with Gasteiger partial charge in [-0.15, -0.1) is 0 Å². The highest BCUT2D eigenvalue weighted by atomic mass is 16.5. The minimum absolute atomic E-state index is 0.229. The zero-order chi connectivity index (χ0) is 12.3. The van der Waals surface area contributed by atoms with E-state index < -0.39 is 5.41 Å². The third kappa shape index (κ3) is 2.23. The lowest BCUT2D eigenvalue weighted by Crippen LogP contribution is -2.23. The summed E-state index contributed by atoms with van der Waals surface area (Å²) >= 11 is 0. The minimum atomic E-state index is -0.806. The van der Waals surface area contributed by atoms with Crippen molar-refractivity contribution in [2.75, 3.05) is 11.9 Å². The summed E-state index contributed by atoms with van der Waals surface area (Å²) in [6.45, 7) is 2.42. The molecule has 0 atom stereocenters. The Kier molecular flexibility index (Phi) is 3.01. The number of ether oxygens (including phenoxy) is 1. The van der Waals surface area contributed by atoms with Crippen molar-refractivity contribution in [1.82, 2.24) is 0 Å². The van der Waals surface area contributed by atoms with Crippen molar-refractivity contribution < 1.29 is 9.53 Å². The molecule has 0 radical (unpaired) electrons. The Bertz CT molecular complexity index is 473. The van der Waals surface area contributed by atoms with Gasteiger partial charge in [-0.1, -0.05) is 12.1 Å². The molecule has 1 fully saturated rings. The van der Waals surface area contributed by atoms with Crippen LogP contribution in [0.5, 0.6) is 5.75 Å². The third-order valence-corrected chi connectivity index (χ3v) is 2.83. The van der Waals surface area contributed by atoms with E-state index in [1.165, 1.54) is 0 Å². The van der Waals surface area contributed by atoms with Gasteiger partial charge in [0, 0.05) is 0 Å². The fourth-order valence-electron chi connectivity index (χ4n) is 1.61. The molecule has 0 bridgehead atoms. The van der Waals surface area contributed by atoms with Crippen LogP contribution in [0.25, 0.3) is 0 Å². The molecule has 4 heteroatoms. The van der Waals surface area contributed by atoms with E-state index in [0.29, 0.717) is 30.9 Å². The molecule has 1 aliphatic carbocycles. The smallest absolute Gasteiger partial charge is 0.244 e. The summed E-state index contributed by atoms with van der Waals surface area (Å²) in [6, 6.07) is 9.31. The average Bonchev–Trinajstić information content (AvgIpc) is 3.13. The SMILES string of the molecule is CCOc1ccccc1NC(=O)C1(C#N)CC1. The number of benzene rings is 1. The van der Waals surface area contributed by atoms with Crippen LogP contribution in [0.1, 0.15) is 19.8 Å². The Morgan fingerprint density at radius 1 is 1.53 bits per heavy atom. The molecular formula is C13H14N2O2. The summed E-state index contributed by atoms with van der Waals surface area (Å²) in [6.07, 6.45) is 1.29. The fourth-order valence-corrected chi connectivity index (χ4v) is 1.61. The molecule has 0 aromatic heterocycles. The zero-order valence-corrected chi connectivity index (χ0v) is 9.69. The summed E-state index contributed by atoms with van der Waals surface area (Å²) < 4.78 is 5.41. The summed E-state index contributed by atoms with van der Waals surface area (Å²) in [4.78, 5) is 11.9. The highest BCUT2D eigenvalue weighted by Crippen LogP contribution is 2.46. The van der Waals surface area contributed by atoms with Gasteiger partial charge < -0.3 is 10.1 Å². The molecular weight excluding hydrogens is 216 g/mol. The lowest BCUT2D eigenvalue weighted by Gasteiger charge is -2.12. The first-order chi connectivity index (χ1) is 8.22. The van der Waals surface area contributed by atoms with E-state index in [0.717, 1.165) is 0 Å². The molecule has 17 heavy (non-hydrogen) atoms. The maximum atomic E-state index is 11.9. The molecule has 88 valence electrons. The largest absolute Gasteiger partial charge is 0.492 e. The van der Waals surface area contributed by atoms with E-state index >= 15 is 0 Å². The molecule has 2 rings (SSSR count). The summed E-state index contributed by atoms with van der Waals surface area (Å²) in [5, 5.41) is 11.7. The summed E-state index contributed by atoms with van der Waals surface area (Å²) in [5.74, 6) is 0.407. The predicted molar refractivity (Wildman–Crippen MR) is 63.5 cm³/mol. The predicted octanol–water partition coefficient (Wildman–Crippen LogP) is 2.33. The minimum Gasteiger partial charge on any atom is -0.492 e. The Balaban J connectivity index is 2.14. The Morgan fingerprint density at radius 2 is 2.24 bits per heavy atom. The molecule has 1 aliphatic rings. The Labute approximate surface area is 100 Å². The van der Waals surface area contributed by atoms with Crippen LogP contribution in [0.4, 0.5) is 5.69 Å². The van der Waals surface area contributed by atoms with Crippen LogP contribution in [0, 0.1) is 16.7 Å². The second kappa shape index (κ2) is 4.46. The number of carbonyl (C=O) groups excluding carboxylic acids is 1. The molecule has 1 N–H and O–H groups in total. The maximum Gasteiger partial charge on any atom is 0.244 e. The van der Waals surface area contributed by atoms with Gasteiger partial charge in [0.15, 0.2) is 0 Å². The number of rotatable bonds is 4. The normalized spacial score (nSPS) is 15.8. The Hall–Kier alpha value is -2.02. The van der Waals surface area contributed by atoms with Crippen molar-refractivity contribution >= 4 is 11.6 Å². The van der Waals surface area contributed by atoms with Gasteiger partial charge in [-0.3, -0.25) is 4.79 Å². The average molecular weight is 230 g/mol. The van der Waals surface area contributed by atoms with Gasteiger partial charge in [-0.05, 0) is 31.9 Å². The third-order valence-electron chi connectivity index (χ3n) is 2.83. The fraction of sp³-hybridized carbons (Fsp3) is 0.385. The monoisotopic (exact) mass is 230 g/mol. The van der Waals surface area contributed by atoms with E-state index in [1.807, 2.05) is 19.1 Å². The number of para-hydroxylation sites is 2. The maximum absolute atomic E-state index is 11.9. The van der Waals surface area contributed by atoms with Gasteiger partial charge in [0.2, 0.25) is 5.91 Å². The molecule has 4 nitrogen and oxygen atoms in total. The number of nitrogens with one attached hydrogen (secondary N) is 1. The van der Waals surface area contributed by atoms with Crippen LogP contribution in [-0.2, 0) is 4.79 Å².